The van der Waals surface area contributed by atoms with Crippen LogP contribution in [-0.2, 0) is 6.54 Å². The number of rotatable bonds is 2. The van der Waals surface area contributed by atoms with Crippen LogP contribution in [0.5, 0.6) is 0 Å². The van der Waals surface area contributed by atoms with E-state index in [2.05, 4.69) is 4.98 Å². The highest BCUT2D eigenvalue weighted by Crippen LogP contribution is 2.13. The topological polar surface area (TPSA) is 54.9 Å². The van der Waals surface area contributed by atoms with Gasteiger partial charge < -0.3 is 4.98 Å². The summed E-state index contributed by atoms with van der Waals surface area (Å²) < 4.78 is 1.07. The zero-order chi connectivity index (χ0) is 11.7. The van der Waals surface area contributed by atoms with E-state index in [1.807, 2.05) is 0 Å². The van der Waals surface area contributed by atoms with Gasteiger partial charge in [-0.25, -0.2) is 4.79 Å². The van der Waals surface area contributed by atoms with Gasteiger partial charge in [0.15, 0.2) is 0 Å². The molecule has 2 aromatic rings. The Morgan fingerprint density at radius 2 is 2.06 bits per heavy atom. The summed E-state index contributed by atoms with van der Waals surface area (Å²) in [6.07, 6.45) is 0. The van der Waals surface area contributed by atoms with Gasteiger partial charge in [0.25, 0.3) is 5.56 Å². The van der Waals surface area contributed by atoms with Crippen molar-refractivity contribution in [3.63, 3.8) is 0 Å². The van der Waals surface area contributed by atoms with Gasteiger partial charge >= 0.3 is 5.69 Å². The predicted molar refractivity (Wildman–Crippen MR) is 64.6 cm³/mol. The average Bonchev–Trinajstić information content (AvgIpc) is 2.23. The van der Waals surface area contributed by atoms with Crippen molar-refractivity contribution in [3.8, 4) is 0 Å². The van der Waals surface area contributed by atoms with Crippen molar-refractivity contribution < 1.29 is 0 Å². The van der Waals surface area contributed by atoms with Crippen molar-refractivity contribution in [3.05, 3.63) is 44.1 Å². The van der Waals surface area contributed by atoms with Crippen LogP contribution in [0.25, 0.3) is 10.9 Å². The number of halogens is 2. The molecule has 1 aromatic heterocycles. The van der Waals surface area contributed by atoms with Crippen molar-refractivity contribution in [2.75, 3.05) is 5.88 Å². The van der Waals surface area contributed by atoms with E-state index < -0.39 is 5.69 Å². The maximum Gasteiger partial charge on any atom is 0.328 e. The van der Waals surface area contributed by atoms with E-state index in [0.717, 1.165) is 4.57 Å². The fourth-order valence-electron chi connectivity index (χ4n) is 1.51. The maximum absolute atomic E-state index is 11.9. The molecule has 0 atom stereocenters. The second kappa shape index (κ2) is 4.31. The Hall–Kier alpha value is -1.26. The maximum atomic E-state index is 11.9. The Morgan fingerprint density at radius 1 is 1.31 bits per heavy atom. The largest absolute Gasteiger partial charge is 0.328 e. The molecule has 0 saturated carbocycles. The van der Waals surface area contributed by atoms with E-state index in [1.54, 1.807) is 18.2 Å². The monoisotopic (exact) mass is 258 g/mol. The Bertz CT molecular complexity index is 645. The second-order valence-electron chi connectivity index (χ2n) is 3.27. The highest BCUT2D eigenvalue weighted by Gasteiger charge is 2.06. The van der Waals surface area contributed by atoms with Gasteiger partial charge in [-0.05, 0) is 18.2 Å². The van der Waals surface area contributed by atoms with Gasteiger partial charge in [0.05, 0.1) is 10.9 Å². The standard InChI is InChI=1S/C10H8Cl2N2O2/c11-3-4-14-9(15)7-2-1-6(12)5-8(7)13-10(14)16/h1-2,5H,3-4H2,(H,13,16). The van der Waals surface area contributed by atoms with Crippen molar-refractivity contribution in [1.82, 2.24) is 9.55 Å². The number of aromatic amines is 1. The minimum Gasteiger partial charge on any atom is -0.307 e. The summed E-state index contributed by atoms with van der Waals surface area (Å²) in [5.74, 6) is 0.210. The van der Waals surface area contributed by atoms with Gasteiger partial charge in [0, 0.05) is 17.4 Å². The summed E-state index contributed by atoms with van der Waals surface area (Å²) in [6, 6.07) is 4.74. The summed E-state index contributed by atoms with van der Waals surface area (Å²) in [7, 11) is 0. The van der Waals surface area contributed by atoms with Gasteiger partial charge in [-0.3, -0.25) is 9.36 Å². The number of benzene rings is 1. The molecule has 84 valence electrons. The summed E-state index contributed by atoms with van der Waals surface area (Å²) in [6.45, 7) is 0.189. The molecule has 1 heterocycles. The Kier molecular flexibility index (Phi) is 3.03. The third-order valence-corrected chi connectivity index (χ3v) is 2.66. The van der Waals surface area contributed by atoms with Crippen LogP contribution in [0, 0.1) is 0 Å². The number of nitrogens with one attached hydrogen (secondary N) is 1. The predicted octanol–water partition coefficient (Wildman–Crippen LogP) is 1.58. The van der Waals surface area contributed by atoms with Crippen LogP contribution in [0.4, 0.5) is 0 Å². The summed E-state index contributed by atoms with van der Waals surface area (Å²) in [4.78, 5) is 26.0. The molecule has 16 heavy (non-hydrogen) atoms. The second-order valence-corrected chi connectivity index (χ2v) is 4.08. The number of hydrogen-bond acceptors (Lipinski definition) is 2. The number of hydrogen-bond donors (Lipinski definition) is 1. The van der Waals surface area contributed by atoms with Gasteiger partial charge in [-0.15, -0.1) is 11.6 Å². The Labute approximate surface area is 100 Å². The van der Waals surface area contributed by atoms with Gasteiger partial charge in [-0.2, -0.15) is 0 Å². The molecule has 1 N–H and O–H groups in total. The molecule has 0 bridgehead atoms. The Balaban J connectivity index is 2.84. The third-order valence-electron chi connectivity index (χ3n) is 2.25. The van der Waals surface area contributed by atoms with Crippen molar-refractivity contribution >= 4 is 34.1 Å². The highest BCUT2D eigenvalue weighted by atomic mass is 35.5. The van der Waals surface area contributed by atoms with E-state index >= 15 is 0 Å². The highest BCUT2D eigenvalue weighted by molar-refractivity contribution is 6.31. The van der Waals surface area contributed by atoms with E-state index in [4.69, 9.17) is 23.2 Å². The molecule has 0 fully saturated rings. The first-order valence-corrected chi connectivity index (χ1v) is 5.53. The zero-order valence-corrected chi connectivity index (χ0v) is 9.68. The van der Waals surface area contributed by atoms with Crippen LogP contribution in [-0.4, -0.2) is 15.4 Å². The fraction of sp³-hybridized carbons (Fsp3) is 0.200. The number of nitrogens with zero attached hydrogens (tertiary/aromatic N) is 1. The zero-order valence-electron chi connectivity index (χ0n) is 8.17. The third kappa shape index (κ3) is 1.86. The molecule has 0 amide bonds. The lowest BCUT2D eigenvalue weighted by atomic mass is 10.2. The first kappa shape index (κ1) is 11.2. The lowest BCUT2D eigenvalue weighted by Crippen LogP contribution is -2.35. The van der Waals surface area contributed by atoms with E-state index in [-0.39, 0.29) is 18.0 Å². The molecule has 2 rings (SSSR count). The normalized spacial score (nSPS) is 10.9. The number of H-pyrrole nitrogens is 1. The molecular weight excluding hydrogens is 251 g/mol. The molecule has 0 radical (unpaired) electrons. The number of aromatic nitrogens is 2. The smallest absolute Gasteiger partial charge is 0.307 e. The Morgan fingerprint density at radius 3 is 2.75 bits per heavy atom. The van der Waals surface area contributed by atoms with Gasteiger partial charge in [-0.1, -0.05) is 11.6 Å². The molecule has 0 unspecified atom stereocenters. The molecule has 4 nitrogen and oxygen atoms in total. The molecule has 0 aliphatic carbocycles. The molecule has 6 heteroatoms. The van der Waals surface area contributed by atoms with Crippen LogP contribution in [0.2, 0.25) is 5.02 Å². The molecule has 0 spiro atoms. The number of alkyl halides is 1. The van der Waals surface area contributed by atoms with Crippen LogP contribution in [0.15, 0.2) is 27.8 Å². The summed E-state index contributed by atoms with van der Waals surface area (Å²) >= 11 is 11.3. The van der Waals surface area contributed by atoms with E-state index in [1.165, 1.54) is 0 Å². The minimum atomic E-state index is -0.472. The van der Waals surface area contributed by atoms with E-state index in [9.17, 15) is 9.59 Å². The lowest BCUT2D eigenvalue weighted by Gasteiger charge is -2.04. The molecule has 0 saturated heterocycles. The van der Waals surface area contributed by atoms with Crippen LogP contribution < -0.4 is 11.2 Å². The van der Waals surface area contributed by atoms with Gasteiger partial charge in [0.1, 0.15) is 0 Å². The average molecular weight is 259 g/mol. The SMILES string of the molecule is O=c1[nH]c2cc(Cl)ccc2c(=O)n1CCCl. The minimum absolute atomic E-state index is 0.189. The summed E-state index contributed by atoms with van der Waals surface area (Å²) in [5.41, 5.74) is -0.384. The van der Waals surface area contributed by atoms with Crippen LogP contribution >= 0.6 is 23.2 Å². The molecule has 0 aliphatic heterocycles. The van der Waals surface area contributed by atoms with Crippen molar-refractivity contribution in [1.29, 1.82) is 0 Å². The quantitative estimate of drug-likeness (QED) is 0.832. The first-order chi connectivity index (χ1) is 7.63. The van der Waals surface area contributed by atoms with E-state index in [0.29, 0.717) is 15.9 Å². The fourth-order valence-corrected chi connectivity index (χ4v) is 1.86. The van der Waals surface area contributed by atoms with Crippen molar-refractivity contribution in [2.24, 2.45) is 0 Å². The van der Waals surface area contributed by atoms with Crippen molar-refractivity contribution in [2.45, 2.75) is 6.54 Å². The molecule has 0 aliphatic rings. The van der Waals surface area contributed by atoms with Crippen LogP contribution in [0.1, 0.15) is 0 Å². The van der Waals surface area contributed by atoms with Gasteiger partial charge in [0.2, 0.25) is 0 Å². The van der Waals surface area contributed by atoms with Crippen LogP contribution in [0.3, 0.4) is 0 Å². The summed E-state index contributed by atoms with van der Waals surface area (Å²) in [5, 5.41) is 0.895. The number of fused-ring (bicyclic) bond motifs is 1. The molecular formula is C10H8Cl2N2O2. The lowest BCUT2D eigenvalue weighted by molar-refractivity contribution is 0.688. The first-order valence-electron chi connectivity index (χ1n) is 4.62. The molecule has 1 aromatic carbocycles.